The number of halogens is 2. The summed E-state index contributed by atoms with van der Waals surface area (Å²) in [6.45, 7) is 0.363. The average Bonchev–Trinajstić information content (AvgIpc) is 2.47. The first-order valence-corrected chi connectivity index (χ1v) is 7.83. The fraction of sp³-hybridized carbons (Fsp3) is 0.133. The molecular weight excluding hydrogens is 327 g/mol. The van der Waals surface area contributed by atoms with Crippen molar-refractivity contribution in [3.63, 3.8) is 0 Å². The number of hydrogen-bond donors (Lipinski definition) is 2. The SMILES string of the molecule is CNSc1ccc(C(=O)NCc2ccc(Cl)cc2Cl)cc1. The minimum absolute atomic E-state index is 0.137. The minimum atomic E-state index is -0.137. The van der Waals surface area contributed by atoms with Crippen LogP contribution in [-0.2, 0) is 6.54 Å². The van der Waals surface area contributed by atoms with Gasteiger partial charge in [0.1, 0.15) is 0 Å². The van der Waals surface area contributed by atoms with Crippen molar-refractivity contribution in [2.45, 2.75) is 11.4 Å². The van der Waals surface area contributed by atoms with Gasteiger partial charge in [0.15, 0.2) is 0 Å². The van der Waals surface area contributed by atoms with Crippen molar-refractivity contribution in [1.29, 1.82) is 0 Å². The Balaban J connectivity index is 1.98. The first kappa shape index (κ1) is 16.2. The monoisotopic (exact) mass is 340 g/mol. The van der Waals surface area contributed by atoms with Crippen LogP contribution in [0.25, 0.3) is 0 Å². The van der Waals surface area contributed by atoms with Gasteiger partial charge in [0, 0.05) is 27.0 Å². The highest BCUT2D eigenvalue weighted by atomic mass is 35.5. The summed E-state index contributed by atoms with van der Waals surface area (Å²) >= 11 is 13.4. The van der Waals surface area contributed by atoms with Crippen LogP contribution >= 0.6 is 35.1 Å². The molecule has 0 aliphatic rings. The summed E-state index contributed by atoms with van der Waals surface area (Å²) in [6, 6.07) is 12.6. The van der Waals surface area contributed by atoms with Gasteiger partial charge in [0.2, 0.25) is 0 Å². The lowest BCUT2D eigenvalue weighted by Gasteiger charge is -2.08. The lowest BCUT2D eigenvalue weighted by atomic mass is 10.2. The summed E-state index contributed by atoms with van der Waals surface area (Å²) in [7, 11) is 1.85. The zero-order chi connectivity index (χ0) is 15.2. The topological polar surface area (TPSA) is 41.1 Å². The fourth-order valence-corrected chi connectivity index (χ4v) is 2.72. The molecule has 0 atom stereocenters. The van der Waals surface area contributed by atoms with E-state index in [9.17, 15) is 4.79 Å². The van der Waals surface area contributed by atoms with E-state index in [2.05, 4.69) is 10.0 Å². The van der Waals surface area contributed by atoms with Crippen LogP contribution in [0.15, 0.2) is 47.4 Å². The van der Waals surface area contributed by atoms with Gasteiger partial charge in [-0.2, -0.15) is 0 Å². The molecule has 3 nitrogen and oxygen atoms in total. The van der Waals surface area contributed by atoms with Crippen LogP contribution in [0.3, 0.4) is 0 Å². The largest absolute Gasteiger partial charge is 0.348 e. The molecule has 2 aromatic carbocycles. The maximum atomic E-state index is 12.1. The highest BCUT2D eigenvalue weighted by Crippen LogP contribution is 2.21. The smallest absolute Gasteiger partial charge is 0.251 e. The highest BCUT2D eigenvalue weighted by Gasteiger charge is 2.07. The lowest BCUT2D eigenvalue weighted by Crippen LogP contribution is -2.22. The van der Waals surface area contributed by atoms with Gasteiger partial charge in [0.05, 0.1) is 0 Å². The molecule has 6 heteroatoms. The van der Waals surface area contributed by atoms with E-state index in [1.807, 2.05) is 19.2 Å². The molecule has 0 saturated carbocycles. The third kappa shape index (κ3) is 4.64. The van der Waals surface area contributed by atoms with Gasteiger partial charge in [-0.25, -0.2) is 0 Å². The Bertz CT molecular complexity index is 632. The maximum absolute atomic E-state index is 12.1. The molecule has 2 aromatic rings. The van der Waals surface area contributed by atoms with Crippen molar-refractivity contribution >= 4 is 41.1 Å². The number of carbonyl (C=O) groups is 1. The van der Waals surface area contributed by atoms with Crippen molar-refractivity contribution in [3.8, 4) is 0 Å². The average molecular weight is 341 g/mol. The number of carbonyl (C=O) groups excluding carboxylic acids is 1. The summed E-state index contributed by atoms with van der Waals surface area (Å²) in [5, 5.41) is 3.96. The van der Waals surface area contributed by atoms with Gasteiger partial charge in [-0.3, -0.25) is 9.52 Å². The van der Waals surface area contributed by atoms with Gasteiger partial charge in [0.25, 0.3) is 5.91 Å². The molecule has 110 valence electrons. The molecule has 0 unspecified atom stereocenters. The summed E-state index contributed by atoms with van der Waals surface area (Å²) in [5.74, 6) is -0.137. The molecule has 1 amide bonds. The van der Waals surface area contributed by atoms with Crippen LogP contribution in [0, 0.1) is 0 Å². The standard InChI is InChI=1S/C15H14Cl2N2OS/c1-18-21-13-6-3-10(4-7-13)15(20)19-9-11-2-5-12(16)8-14(11)17/h2-8,18H,9H2,1H3,(H,19,20). The Labute approximate surface area is 138 Å². The van der Waals surface area contributed by atoms with Crippen LogP contribution in [0.5, 0.6) is 0 Å². The molecule has 0 heterocycles. The number of hydrogen-bond acceptors (Lipinski definition) is 3. The fourth-order valence-electron chi connectivity index (χ4n) is 1.73. The van der Waals surface area contributed by atoms with Gasteiger partial charge < -0.3 is 5.32 Å². The summed E-state index contributed by atoms with van der Waals surface area (Å²) < 4.78 is 2.98. The minimum Gasteiger partial charge on any atom is -0.348 e. The Morgan fingerprint density at radius 3 is 2.48 bits per heavy atom. The molecule has 0 fully saturated rings. The van der Waals surface area contributed by atoms with E-state index in [0.717, 1.165) is 10.5 Å². The molecule has 0 aliphatic carbocycles. The molecule has 21 heavy (non-hydrogen) atoms. The van der Waals surface area contributed by atoms with E-state index in [4.69, 9.17) is 23.2 Å². The van der Waals surface area contributed by atoms with Crippen LogP contribution in [0.4, 0.5) is 0 Å². The molecule has 0 aliphatic heterocycles. The Morgan fingerprint density at radius 2 is 1.86 bits per heavy atom. The molecule has 2 rings (SSSR count). The molecule has 0 saturated heterocycles. The van der Waals surface area contributed by atoms with Crippen LogP contribution in [0.2, 0.25) is 10.0 Å². The number of nitrogens with one attached hydrogen (secondary N) is 2. The van der Waals surface area contributed by atoms with Crippen LogP contribution < -0.4 is 10.0 Å². The molecule has 0 radical (unpaired) electrons. The molecule has 2 N–H and O–H groups in total. The van der Waals surface area contributed by atoms with Gasteiger partial charge in [-0.1, -0.05) is 29.3 Å². The lowest BCUT2D eigenvalue weighted by molar-refractivity contribution is 0.0951. The first-order valence-electron chi connectivity index (χ1n) is 6.26. The third-order valence-corrected chi connectivity index (χ3v) is 4.09. The van der Waals surface area contributed by atoms with E-state index >= 15 is 0 Å². The molecule has 0 aromatic heterocycles. The van der Waals surface area contributed by atoms with Crippen molar-refractivity contribution in [2.24, 2.45) is 0 Å². The zero-order valence-electron chi connectivity index (χ0n) is 11.3. The van der Waals surface area contributed by atoms with Crippen molar-refractivity contribution in [3.05, 3.63) is 63.6 Å². The zero-order valence-corrected chi connectivity index (χ0v) is 13.6. The van der Waals surface area contributed by atoms with E-state index in [0.29, 0.717) is 22.2 Å². The first-order chi connectivity index (χ1) is 10.1. The van der Waals surface area contributed by atoms with Crippen LogP contribution in [-0.4, -0.2) is 13.0 Å². The Morgan fingerprint density at radius 1 is 1.14 bits per heavy atom. The van der Waals surface area contributed by atoms with Gasteiger partial charge in [-0.15, -0.1) is 0 Å². The summed E-state index contributed by atoms with van der Waals surface area (Å²) in [5.41, 5.74) is 1.44. The number of rotatable bonds is 5. The Hall–Kier alpha value is -1.20. The molecular formula is C15H14Cl2N2OS. The predicted octanol–water partition coefficient (Wildman–Crippen LogP) is 4.15. The summed E-state index contributed by atoms with van der Waals surface area (Å²) in [4.78, 5) is 13.1. The van der Waals surface area contributed by atoms with Gasteiger partial charge in [-0.05, 0) is 61.0 Å². The number of amides is 1. The van der Waals surface area contributed by atoms with Gasteiger partial charge >= 0.3 is 0 Å². The second-order valence-corrected chi connectivity index (χ2v) is 6.18. The Kier molecular flexibility index (Phi) is 5.94. The normalized spacial score (nSPS) is 10.4. The van der Waals surface area contributed by atoms with E-state index in [-0.39, 0.29) is 5.91 Å². The highest BCUT2D eigenvalue weighted by molar-refractivity contribution is 7.97. The predicted molar refractivity (Wildman–Crippen MR) is 89.0 cm³/mol. The second-order valence-electron chi connectivity index (χ2n) is 4.25. The van der Waals surface area contributed by atoms with Crippen molar-refractivity contribution in [2.75, 3.05) is 7.05 Å². The molecule has 0 bridgehead atoms. The molecule has 0 spiro atoms. The maximum Gasteiger partial charge on any atom is 0.251 e. The summed E-state index contributed by atoms with van der Waals surface area (Å²) in [6.07, 6.45) is 0. The number of benzene rings is 2. The van der Waals surface area contributed by atoms with Crippen LogP contribution in [0.1, 0.15) is 15.9 Å². The van der Waals surface area contributed by atoms with Crippen molar-refractivity contribution < 1.29 is 4.79 Å². The second kappa shape index (κ2) is 7.71. The van der Waals surface area contributed by atoms with E-state index in [1.54, 1.807) is 30.3 Å². The van der Waals surface area contributed by atoms with E-state index < -0.39 is 0 Å². The quantitative estimate of drug-likeness (QED) is 0.803. The third-order valence-electron chi connectivity index (χ3n) is 2.79. The van der Waals surface area contributed by atoms with Crippen molar-refractivity contribution in [1.82, 2.24) is 10.0 Å². The van der Waals surface area contributed by atoms with E-state index in [1.165, 1.54) is 11.9 Å².